The number of amides is 2. The molecular formula is C12H24N2O2. The van der Waals surface area contributed by atoms with Crippen molar-refractivity contribution in [3.8, 4) is 0 Å². The minimum atomic E-state index is 0.154. The first kappa shape index (κ1) is 13.3. The van der Waals surface area contributed by atoms with Gasteiger partial charge in [0.15, 0.2) is 0 Å². The first-order valence-electron chi connectivity index (χ1n) is 6.33. The molecule has 16 heavy (non-hydrogen) atoms. The molecule has 1 aliphatic rings. The van der Waals surface area contributed by atoms with Crippen molar-refractivity contribution in [1.29, 1.82) is 0 Å². The number of hydrogen-bond donors (Lipinski definition) is 0. The van der Waals surface area contributed by atoms with Crippen molar-refractivity contribution in [3.63, 3.8) is 0 Å². The maximum absolute atomic E-state index is 12.0. The molecule has 1 aliphatic heterocycles. The average molecular weight is 228 g/mol. The van der Waals surface area contributed by atoms with Gasteiger partial charge in [0, 0.05) is 33.3 Å². The summed E-state index contributed by atoms with van der Waals surface area (Å²) >= 11 is 0. The number of likely N-dealkylation sites (tertiary alicyclic amines) is 1. The second-order valence-corrected chi connectivity index (χ2v) is 4.30. The average Bonchev–Trinajstić information content (AvgIpc) is 2.56. The molecule has 0 bridgehead atoms. The van der Waals surface area contributed by atoms with Crippen LogP contribution in [-0.2, 0) is 4.74 Å². The van der Waals surface area contributed by atoms with Gasteiger partial charge in [-0.05, 0) is 19.8 Å². The maximum atomic E-state index is 12.0. The molecule has 0 saturated carbocycles. The third-order valence-corrected chi connectivity index (χ3v) is 2.98. The largest absolute Gasteiger partial charge is 0.380 e. The van der Waals surface area contributed by atoms with Crippen LogP contribution in [0.5, 0.6) is 0 Å². The van der Waals surface area contributed by atoms with Crippen LogP contribution in [0.3, 0.4) is 0 Å². The van der Waals surface area contributed by atoms with E-state index in [1.807, 2.05) is 18.9 Å². The van der Waals surface area contributed by atoms with Gasteiger partial charge in [0.1, 0.15) is 0 Å². The molecular weight excluding hydrogens is 204 g/mol. The van der Waals surface area contributed by atoms with Crippen molar-refractivity contribution in [1.82, 2.24) is 9.80 Å². The van der Waals surface area contributed by atoms with E-state index in [1.54, 1.807) is 4.90 Å². The van der Waals surface area contributed by atoms with Gasteiger partial charge in [-0.2, -0.15) is 0 Å². The number of carbonyl (C=O) groups excluding carboxylic acids is 1. The Morgan fingerprint density at radius 2 is 1.88 bits per heavy atom. The number of nitrogens with zero attached hydrogens (tertiary/aromatic N) is 2. The van der Waals surface area contributed by atoms with Crippen LogP contribution in [-0.4, -0.2) is 55.7 Å². The monoisotopic (exact) mass is 228 g/mol. The van der Waals surface area contributed by atoms with Gasteiger partial charge in [-0.3, -0.25) is 0 Å². The van der Waals surface area contributed by atoms with Crippen molar-refractivity contribution in [2.75, 3.05) is 39.9 Å². The molecule has 0 aromatic carbocycles. The van der Waals surface area contributed by atoms with Crippen LogP contribution in [0.1, 0.15) is 32.6 Å². The third-order valence-electron chi connectivity index (χ3n) is 2.98. The van der Waals surface area contributed by atoms with Crippen LogP contribution in [0.2, 0.25) is 0 Å². The first-order valence-corrected chi connectivity index (χ1v) is 6.33. The Balaban J connectivity index is 2.30. The van der Waals surface area contributed by atoms with E-state index in [9.17, 15) is 4.79 Å². The SMILES string of the molecule is CCOCCN(C)C(=O)N1CCCCCC1. The number of ether oxygens (including phenoxy) is 1. The lowest BCUT2D eigenvalue weighted by Crippen LogP contribution is -2.42. The van der Waals surface area contributed by atoms with E-state index in [1.165, 1.54) is 12.8 Å². The van der Waals surface area contributed by atoms with E-state index in [0.717, 1.165) is 25.9 Å². The Morgan fingerprint density at radius 3 is 2.44 bits per heavy atom. The Kier molecular flexibility index (Phi) is 6.23. The zero-order valence-corrected chi connectivity index (χ0v) is 10.6. The standard InChI is InChI=1S/C12H24N2O2/c1-3-16-11-10-13(2)12(15)14-8-6-4-5-7-9-14/h3-11H2,1-2H3. The topological polar surface area (TPSA) is 32.8 Å². The van der Waals surface area contributed by atoms with Crippen LogP contribution in [0, 0.1) is 0 Å². The van der Waals surface area contributed by atoms with Crippen molar-refractivity contribution < 1.29 is 9.53 Å². The molecule has 1 heterocycles. The van der Waals surface area contributed by atoms with Gasteiger partial charge in [0.25, 0.3) is 0 Å². The zero-order valence-electron chi connectivity index (χ0n) is 10.6. The number of rotatable bonds is 4. The van der Waals surface area contributed by atoms with E-state index in [-0.39, 0.29) is 6.03 Å². The molecule has 0 aromatic heterocycles. The van der Waals surface area contributed by atoms with Gasteiger partial charge in [0.2, 0.25) is 0 Å². The van der Waals surface area contributed by atoms with Gasteiger partial charge in [0.05, 0.1) is 6.61 Å². The van der Waals surface area contributed by atoms with Crippen LogP contribution in [0.15, 0.2) is 0 Å². The maximum Gasteiger partial charge on any atom is 0.319 e. The number of urea groups is 1. The van der Waals surface area contributed by atoms with E-state index in [4.69, 9.17) is 4.74 Å². The summed E-state index contributed by atoms with van der Waals surface area (Å²) in [5.41, 5.74) is 0. The fraction of sp³-hybridized carbons (Fsp3) is 0.917. The van der Waals surface area contributed by atoms with Crippen molar-refractivity contribution in [3.05, 3.63) is 0 Å². The molecule has 1 rings (SSSR count). The molecule has 2 amide bonds. The predicted octanol–water partition coefficient (Wildman–Crippen LogP) is 1.95. The summed E-state index contributed by atoms with van der Waals surface area (Å²) < 4.78 is 5.25. The van der Waals surface area contributed by atoms with E-state index >= 15 is 0 Å². The minimum absolute atomic E-state index is 0.154. The Hall–Kier alpha value is -0.770. The summed E-state index contributed by atoms with van der Waals surface area (Å²) in [5.74, 6) is 0. The van der Waals surface area contributed by atoms with Gasteiger partial charge in [-0.15, -0.1) is 0 Å². The van der Waals surface area contributed by atoms with E-state index < -0.39 is 0 Å². The lowest BCUT2D eigenvalue weighted by atomic mass is 10.2. The second-order valence-electron chi connectivity index (χ2n) is 4.30. The van der Waals surface area contributed by atoms with Gasteiger partial charge in [-0.25, -0.2) is 4.79 Å². The van der Waals surface area contributed by atoms with Crippen LogP contribution in [0.25, 0.3) is 0 Å². The first-order chi connectivity index (χ1) is 7.75. The second kappa shape index (κ2) is 7.49. The van der Waals surface area contributed by atoms with Crippen LogP contribution in [0.4, 0.5) is 4.79 Å². The molecule has 0 spiro atoms. The molecule has 4 nitrogen and oxygen atoms in total. The normalized spacial score (nSPS) is 17.0. The molecule has 0 N–H and O–H groups in total. The van der Waals surface area contributed by atoms with Crippen molar-refractivity contribution >= 4 is 6.03 Å². The molecule has 94 valence electrons. The third kappa shape index (κ3) is 4.39. The lowest BCUT2D eigenvalue weighted by Gasteiger charge is -2.26. The smallest absolute Gasteiger partial charge is 0.319 e. The fourth-order valence-corrected chi connectivity index (χ4v) is 1.94. The van der Waals surface area contributed by atoms with E-state index in [2.05, 4.69) is 0 Å². The zero-order chi connectivity index (χ0) is 11.8. The Labute approximate surface area is 98.5 Å². The van der Waals surface area contributed by atoms with Crippen LogP contribution >= 0.6 is 0 Å². The summed E-state index contributed by atoms with van der Waals surface area (Å²) in [6.07, 6.45) is 4.80. The molecule has 1 fully saturated rings. The molecule has 0 aliphatic carbocycles. The molecule has 0 unspecified atom stereocenters. The summed E-state index contributed by atoms with van der Waals surface area (Å²) in [4.78, 5) is 15.8. The Bertz CT molecular complexity index is 201. The number of likely N-dealkylation sites (N-methyl/N-ethyl adjacent to an activating group) is 1. The van der Waals surface area contributed by atoms with Crippen molar-refractivity contribution in [2.45, 2.75) is 32.6 Å². The molecule has 1 saturated heterocycles. The van der Waals surface area contributed by atoms with E-state index in [0.29, 0.717) is 19.8 Å². The van der Waals surface area contributed by atoms with Crippen molar-refractivity contribution in [2.24, 2.45) is 0 Å². The van der Waals surface area contributed by atoms with Gasteiger partial charge < -0.3 is 14.5 Å². The highest BCUT2D eigenvalue weighted by atomic mass is 16.5. The fourth-order valence-electron chi connectivity index (χ4n) is 1.94. The highest BCUT2D eigenvalue weighted by Gasteiger charge is 2.18. The number of carbonyl (C=O) groups is 1. The summed E-state index contributed by atoms with van der Waals surface area (Å²) in [6.45, 7) is 5.83. The summed E-state index contributed by atoms with van der Waals surface area (Å²) in [6, 6.07) is 0.154. The quantitative estimate of drug-likeness (QED) is 0.689. The van der Waals surface area contributed by atoms with Gasteiger partial charge >= 0.3 is 6.03 Å². The number of hydrogen-bond acceptors (Lipinski definition) is 2. The lowest BCUT2D eigenvalue weighted by molar-refractivity contribution is 0.114. The highest BCUT2D eigenvalue weighted by molar-refractivity contribution is 5.74. The summed E-state index contributed by atoms with van der Waals surface area (Å²) in [7, 11) is 1.85. The molecule has 0 radical (unpaired) electrons. The molecule has 0 atom stereocenters. The van der Waals surface area contributed by atoms with Gasteiger partial charge in [-0.1, -0.05) is 12.8 Å². The highest BCUT2D eigenvalue weighted by Crippen LogP contribution is 2.11. The predicted molar refractivity (Wildman–Crippen MR) is 64.6 cm³/mol. The minimum Gasteiger partial charge on any atom is -0.380 e. The molecule has 0 aromatic rings. The summed E-state index contributed by atoms with van der Waals surface area (Å²) in [5, 5.41) is 0. The van der Waals surface area contributed by atoms with Crippen LogP contribution < -0.4 is 0 Å². The molecule has 4 heteroatoms. The Morgan fingerprint density at radius 1 is 1.25 bits per heavy atom.